The Morgan fingerprint density at radius 1 is 1.07 bits per heavy atom. The minimum absolute atomic E-state index is 0.206. The Kier molecular flexibility index (Phi) is 7.27. The number of carbonyl (C=O) groups excluding carboxylic acids is 2. The van der Waals surface area contributed by atoms with Gasteiger partial charge in [-0.1, -0.05) is 25.7 Å². The van der Waals surface area contributed by atoms with Crippen molar-refractivity contribution in [3.8, 4) is 5.75 Å². The molecule has 0 radical (unpaired) electrons. The first-order valence-electron chi connectivity index (χ1n) is 11.3. The second-order valence-corrected chi connectivity index (χ2v) is 9.67. The van der Waals surface area contributed by atoms with Crippen LogP contribution in [-0.4, -0.2) is 24.2 Å². The summed E-state index contributed by atoms with van der Waals surface area (Å²) in [5, 5.41) is 2.99. The summed E-state index contributed by atoms with van der Waals surface area (Å²) in [5.74, 6) is 0.612. The Morgan fingerprint density at radius 2 is 1.77 bits per heavy atom. The van der Waals surface area contributed by atoms with Crippen molar-refractivity contribution in [2.24, 2.45) is 11.7 Å². The van der Waals surface area contributed by atoms with E-state index in [1.54, 1.807) is 0 Å². The van der Waals surface area contributed by atoms with E-state index in [0.717, 1.165) is 36.8 Å². The normalized spacial score (nSPS) is 20.0. The van der Waals surface area contributed by atoms with Crippen LogP contribution in [0.25, 0.3) is 0 Å². The minimum Gasteiger partial charge on any atom is -0.492 e. The number of carbonyl (C=O) groups is 2. The monoisotopic (exact) mass is 416 g/mol. The van der Waals surface area contributed by atoms with Gasteiger partial charge in [0.25, 0.3) is 5.91 Å². The van der Waals surface area contributed by atoms with Crippen LogP contribution in [0.5, 0.6) is 5.75 Å². The molecule has 0 bridgehead atoms. The van der Waals surface area contributed by atoms with Gasteiger partial charge >= 0.3 is 6.09 Å². The fourth-order valence-corrected chi connectivity index (χ4v) is 4.47. The highest BCUT2D eigenvalue weighted by molar-refractivity contribution is 5.96. The first-order valence-corrected chi connectivity index (χ1v) is 11.3. The van der Waals surface area contributed by atoms with E-state index >= 15 is 0 Å². The van der Waals surface area contributed by atoms with Gasteiger partial charge in [-0.05, 0) is 82.1 Å². The van der Waals surface area contributed by atoms with E-state index in [1.807, 2.05) is 32.9 Å². The molecule has 30 heavy (non-hydrogen) atoms. The van der Waals surface area contributed by atoms with Crippen LogP contribution in [0.1, 0.15) is 99.7 Å². The molecule has 2 amide bonds. The third-order valence-electron chi connectivity index (χ3n) is 5.96. The average molecular weight is 417 g/mol. The standard InChI is InChI=1S/C24H36N2O4/c1-24(2,3)30-23(28)26-20-12-8-7-11-17-13-21(19(22(25)27)14-18(17)20)29-15-16-9-5-4-6-10-16/h13-14,16,20H,4-12,15H2,1-3H3,(H2,25,27)(H,26,28)/t20-/m0/s1. The quantitative estimate of drug-likeness (QED) is 0.658. The Balaban J connectivity index is 1.82. The zero-order valence-corrected chi connectivity index (χ0v) is 18.6. The zero-order valence-electron chi connectivity index (χ0n) is 18.6. The lowest BCUT2D eigenvalue weighted by molar-refractivity contribution is 0.0501. The Hall–Kier alpha value is -2.24. The van der Waals surface area contributed by atoms with E-state index in [0.29, 0.717) is 23.8 Å². The molecule has 1 aromatic rings. The second kappa shape index (κ2) is 9.71. The Bertz CT molecular complexity index is 763. The lowest BCUT2D eigenvalue weighted by Crippen LogP contribution is -2.35. The number of aryl methyl sites for hydroxylation is 1. The molecule has 0 unspecified atom stereocenters. The molecule has 3 N–H and O–H groups in total. The smallest absolute Gasteiger partial charge is 0.408 e. The summed E-state index contributed by atoms with van der Waals surface area (Å²) in [6, 6.07) is 3.58. The topological polar surface area (TPSA) is 90.7 Å². The van der Waals surface area contributed by atoms with E-state index in [2.05, 4.69) is 5.32 Å². The minimum atomic E-state index is -0.563. The van der Waals surface area contributed by atoms with Gasteiger partial charge in [0, 0.05) is 0 Å². The number of benzene rings is 1. The molecule has 6 heteroatoms. The van der Waals surface area contributed by atoms with Crippen LogP contribution < -0.4 is 15.8 Å². The summed E-state index contributed by atoms with van der Waals surface area (Å²) in [4.78, 5) is 24.6. The maximum Gasteiger partial charge on any atom is 0.408 e. The van der Waals surface area contributed by atoms with Crippen molar-refractivity contribution in [2.75, 3.05) is 6.61 Å². The third kappa shape index (κ3) is 6.13. The predicted octanol–water partition coefficient (Wildman–Crippen LogP) is 5.04. The lowest BCUT2D eigenvalue weighted by Gasteiger charge is -2.25. The van der Waals surface area contributed by atoms with Crippen LogP contribution in [0.15, 0.2) is 12.1 Å². The van der Waals surface area contributed by atoms with E-state index < -0.39 is 17.6 Å². The van der Waals surface area contributed by atoms with Gasteiger partial charge in [-0.15, -0.1) is 0 Å². The molecule has 1 aromatic carbocycles. The van der Waals surface area contributed by atoms with Crippen molar-refractivity contribution in [2.45, 2.75) is 90.2 Å². The fraction of sp³-hybridized carbons (Fsp3) is 0.667. The van der Waals surface area contributed by atoms with Gasteiger partial charge in [0.05, 0.1) is 18.2 Å². The van der Waals surface area contributed by atoms with Gasteiger partial charge < -0.3 is 20.5 Å². The number of fused-ring (bicyclic) bond motifs is 1. The maximum absolute atomic E-state index is 12.4. The number of nitrogens with one attached hydrogen (secondary N) is 1. The van der Waals surface area contributed by atoms with E-state index in [9.17, 15) is 9.59 Å². The van der Waals surface area contributed by atoms with Crippen LogP contribution in [0.2, 0.25) is 0 Å². The number of alkyl carbamates (subject to hydrolysis) is 1. The first-order chi connectivity index (χ1) is 14.2. The summed E-state index contributed by atoms with van der Waals surface area (Å²) >= 11 is 0. The van der Waals surface area contributed by atoms with Gasteiger partial charge in [-0.3, -0.25) is 4.79 Å². The molecule has 0 saturated heterocycles. The number of hydrogen-bond donors (Lipinski definition) is 2. The molecular weight excluding hydrogens is 380 g/mol. The summed E-state index contributed by atoms with van der Waals surface area (Å²) in [7, 11) is 0. The van der Waals surface area contributed by atoms with Gasteiger partial charge in [-0.2, -0.15) is 0 Å². The van der Waals surface area contributed by atoms with Gasteiger partial charge in [0.15, 0.2) is 0 Å². The molecule has 0 aromatic heterocycles. The van der Waals surface area contributed by atoms with Gasteiger partial charge in [-0.25, -0.2) is 4.79 Å². The zero-order chi connectivity index (χ0) is 21.7. The molecule has 0 spiro atoms. The molecule has 166 valence electrons. The number of nitrogens with two attached hydrogens (primary N) is 1. The average Bonchev–Trinajstić information content (AvgIpc) is 2.86. The van der Waals surface area contributed by atoms with Crippen LogP contribution in [0.4, 0.5) is 4.79 Å². The summed E-state index contributed by atoms with van der Waals surface area (Å²) in [6.45, 7) is 6.15. The highest BCUT2D eigenvalue weighted by Gasteiger charge is 2.26. The molecule has 3 rings (SSSR count). The lowest BCUT2D eigenvalue weighted by atomic mass is 9.90. The molecule has 2 aliphatic rings. The number of amides is 2. The van der Waals surface area contributed by atoms with E-state index in [1.165, 1.54) is 32.1 Å². The summed E-state index contributed by atoms with van der Waals surface area (Å²) in [6.07, 6.45) is 9.41. The van der Waals surface area contributed by atoms with Crippen molar-refractivity contribution in [3.05, 3.63) is 28.8 Å². The van der Waals surface area contributed by atoms with Crippen molar-refractivity contribution >= 4 is 12.0 Å². The van der Waals surface area contributed by atoms with Crippen molar-refractivity contribution in [1.82, 2.24) is 5.32 Å². The molecule has 0 heterocycles. The molecule has 1 atom stereocenters. The molecule has 0 aliphatic heterocycles. The van der Waals surface area contributed by atoms with E-state index in [4.69, 9.17) is 15.2 Å². The Morgan fingerprint density at radius 3 is 2.43 bits per heavy atom. The number of rotatable bonds is 5. The summed E-state index contributed by atoms with van der Waals surface area (Å²) < 4.78 is 11.6. The highest BCUT2D eigenvalue weighted by Crippen LogP contribution is 2.35. The highest BCUT2D eigenvalue weighted by atomic mass is 16.6. The van der Waals surface area contributed by atoms with Crippen LogP contribution in [0.3, 0.4) is 0 Å². The number of ether oxygens (including phenoxy) is 2. The molecule has 6 nitrogen and oxygen atoms in total. The van der Waals surface area contributed by atoms with Crippen molar-refractivity contribution in [1.29, 1.82) is 0 Å². The predicted molar refractivity (Wildman–Crippen MR) is 117 cm³/mol. The van der Waals surface area contributed by atoms with Crippen LogP contribution >= 0.6 is 0 Å². The second-order valence-electron chi connectivity index (χ2n) is 9.67. The summed E-state index contributed by atoms with van der Waals surface area (Å²) in [5.41, 5.74) is 7.57. The number of primary amides is 1. The van der Waals surface area contributed by atoms with Gasteiger partial charge in [0.1, 0.15) is 11.4 Å². The largest absolute Gasteiger partial charge is 0.492 e. The molecular formula is C24H36N2O4. The maximum atomic E-state index is 12.4. The number of hydrogen-bond acceptors (Lipinski definition) is 4. The first kappa shape index (κ1) is 22.4. The van der Waals surface area contributed by atoms with Crippen LogP contribution in [0, 0.1) is 5.92 Å². The van der Waals surface area contributed by atoms with Crippen molar-refractivity contribution < 1.29 is 19.1 Å². The SMILES string of the molecule is CC(C)(C)OC(=O)N[C@H]1CCCCc2cc(OCC3CCCCC3)c(C(N)=O)cc21. The molecule has 1 saturated carbocycles. The van der Waals surface area contributed by atoms with Crippen LogP contribution in [-0.2, 0) is 11.2 Å². The van der Waals surface area contributed by atoms with Crippen molar-refractivity contribution in [3.63, 3.8) is 0 Å². The Labute approximate surface area is 179 Å². The van der Waals surface area contributed by atoms with E-state index in [-0.39, 0.29) is 6.04 Å². The fourth-order valence-electron chi connectivity index (χ4n) is 4.47. The molecule has 2 aliphatic carbocycles. The molecule has 1 fully saturated rings. The third-order valence-corrected chi connectivity index (χ3v) is 5.96. The van der Waals surface area contributed by atoms with Gasteiger partial charge in [0.2, 0.25) is 0 Å².